The number of fused-ring (bicyclic) bond motifs is 4. The number of piperidine rings is 4. The quantitative estimate of drug-likeness (QED) is 0.0297. The number of phenols is 8. The zero-order valence-corrected chi connectivity index (χ0v) is 76.1. The lowest BCUT2D eigenvalue weighted by Crippen LogP contribution is -2.40. The second-order valence-electron chi connectivity index (χ2n) is 35.3. The average molecular weight is 1810 g/mol. The van der Waals surface area contributed by atoms with Crippen LogP contribution in [0, 0.1) is 48.5 Å². The number of aliphatic hydroxyl groups is 8. The number of rotatable bonds is 21. The van der Waals surface area contributed by atoms with Gasteiger partial charge in [-0.15, -0.1) is 11.3 Å². The van der Waals surface area contributed by atoms with Crippen LogP contribution >= 0.6 is 22.9 Å². The summed E-state index contributed by atoms with van der Waals surface area (Å²) in [7, 11) is 7.61. The summed E-state index contributed by atoms with van der Waals surface area (Å²) in [6, 6.07) is 20.4. The number of hydrogen-bond acceptors (Lipinski definition) is 29. The summed E-state index contributed by atoms with van der Waals surface area (Å²) in [5.41, 5.74) is 2.14. The fraction of sp³-hybridized carbons (Fsp3) is 0.469. The zero-order chi connectivity index (χ0) is 93.0. The molecule has 11 aromatic rings. The molecular weight excluding hydrogens is 1680 g/mol. The van der Waals surface area contributed by atoms with Crippen LogP contribution in [0.4, 0.5) is 0 Å². The van der Waals surface area contributed by atoms with Crippen molar-refractivity contribution in [3.63, 3.8) is 0 Å². The summed E-state index contributed by atoms with van der Waals surface area (Å²) in [4.78, 5) is 63.2. The van der Waals surface area contributed by atoms with Crippen LogP contribution in [0.25, 0.3) is 43.9 Å². The third-order valence-corrected chi connectivity index (χ3v) is 27.4. The highest BCUT2D eigenvalue weighted by atomic mass is 35.5. The second-order valence-corrected chi connectivity index (χ2v) is 37.0. The summed E-state index contributed by atoms with van der Waals surface area (Å²) in [5.74, 6) is -3.55. The van der Waals surface area contributed by atoms with Gasteiger partial charge in [0.15, 0.2) is 0 Å². The van der Waals surface area contributed by atoms with Crippen LogP contribution in [-0.2, 0) is 0 Å². The van der Waals surface area contributed by atoms with Crippen molar-refractivity contribution in [1.29, 1.82) is 0 Å². The minimum Gasteiger partial charge on any atom is -0.507 e. The van der Waals surface area contributed by atoms with Gasteiger partial charge in [-0.3, -0.25) is 19.2 Å². The van der Waals surface area contributed by atoms with Crippen LogP contribution in [0.3, 0.4) is 0 Å². The smallest absolute Gasteiger partial charge is 0.202 e. The van der Waals surface area contributed by atoms with Crippen molar-refractivity contribution < 1.29 is 99.4 Å². The van der Waals surface area contributed by atoms with Crippen LogP contribution in [-0.4, -0.2) is 206 Å². The number of aliphatic hydroxyl groups excluding tert-OH is 8. The molecule has 6 aromatic carbocycles. The molecule has 4 aliphatic heterocycles. The van der Waals surface area contributed by atoms with Gasteiger partial charge in [0.05, 0.1) is 52.8 Å². The van der Waals surface area contributed by atoms with E-state index in [1.54, 1.807) is 71.0 Å². The first-order valence-electron chi connectivity index (χ1n) is 43.9. The molecule has 15 rings (SSSR count). The number of phenolic OH excluding ortho intramolecular Hbond substituents is 8. The topological polar surface area (TPSA) is 457 Å². The van der Waals surface area contributed by atoms with E-state index in [1.165, 1.54) is 49.9 Å². The summed E-state index contributed by atoms with van der Waals surface area (Å²) >= 11 is 7.74. The molecule has 0 amide bonds. The minimum atomic E-state index is -1.37. The maximum atomic E-state index is 13.5. The summed E-state index contributed by atoms with van der Waals surface area (Å²) in [6.45, 7) is 18.7. The van der Waals surface area contributed by atoms with Gasteiger partial charge in [-0.1, -0.05) is 124 Å². The first-order chi connectivity index (χ1) is 60.7. The van der Waals surface area contributed by atoms with Crippen molar-refractivity contribution in [2.24, 2.45) is 0 Å². The Morgan fingerprint density at radius 3 is 1.05 bits per heavy atom. The molecule has 9 heterocycles. The number of thiophene rings is 1. The van der Waals surface area contributed by atoms with Gasteiger partial charge in [-0.05, 0) is 158 Å². The number of aromatic hydroxyl groups is 8. The van der Waals surface area contributed by atoms with Gasteiger partial charge >= 0.3 is 0 Å². The first-order valence-corrected chi connectivity index (χ1v) is 45.1. The molecule has 12 unspecified atom stereocenters. The third-order valence-electron chi connectivity index (χ3n) is 25.8. The maximum Gasteiger partial charge on any atom is 0.202 e. The number of benzene rings is 6. The molecule has 0 bridgehead atoms. The molecule has 690 valence electrons. The highest BCUT2D eigenvalue weighted by Crippen LogP contribution is 2.49. The SMILES string of the molecule is CCCCCCCCCCCC(O)c1c(C)oc2c(C3CCN(C)CC3O)c(O)cc(O)c2c1=O.Cc1ccc(C(O)c2c(C)oc3c(C4CCN(C)CC4O)c(O)cc(O)c3c2=O)cc1.Cc1ccc(C(O)c2c(C)oc3c(C4CCN(C)CC4O)c(O)cc(O)c3c2=O)s1.Cc1cccc(C(O)c2c(C)oc3c(C4CCN(C)CC4O)c(O)cc(O)c3c2=O)c1Cl. The number of β-amino-alcohol motifs (C(OH)–C–C–N with tert-alkyl or cyclic N) is 4. The van der Waals surface area contributed by atoms with Crippen molar-refractivity contribution >= 4 is 66.8 Å². The molecule has 5 aromatic heterocycles. The van der Waals surface area contributed by atoms with Crippen molar-refractivity contribution in [3.8, 4) is 46.0 Å². The van der Waals surface area contributed by atoms with E-state index < -0.39 is 111 Å². The van der Waals surface area contributed by atoms with E-state index in [1.807, 2.05) is 79.8 Å². The molecule has 128 heavy (non-hydrogen) atoms. The lowest BCUT2D eigenvalue weighted by molar-refractivity contribution is 0.0629. The van der Waals surface area contributed by atoms with E-state index in [-0.39, 0.29) is 123 Å². The van der Waals surface area contributed by atoms with Gasteiger partial charge in [0.25, 0.3) is 0 Å². The average Bonchev–Trinajstić information content (AvgIpc) is 0.853. The maximum absolute atomic E-state index is 13.5. The Kier molecular flexibility index (Phi) is 31.5. The molecule has 16 N–H and O–H groups in total. The van der Waals surface area contributed by atoms with E-state index in [2.05, 4.69) is 6.92 Å². The van der Waals surface area contributed by atoms with Crippen LogP contribution < -0.4 is 21.7 Å². The Labute approximate surface area is 750 Å². The summed E-state index contributed by atoms with van der Waals surface area (Å²) in [6.07, 6.45) is 5.38. The van der Waals surface area contributed by atoms with Gasteiger partial charge in [0.1, 0.15) is 131 Å². The van der Waals surface area contributed by atoms with Gasteiger partial charge in [-0.25, -0.2) is 0 Å². The van der Waals surface area contributed by atoms with Crippen LogP contribution in [0.2, 0.25) is 5.02 Å². The molecule has 28 nitrogen and oxygen atoms in total. The molecule has 4 saturated heterocycles. The number of halogens is 1. The highest BCUT2D eigenvalue weighted by molar-refractivity contribution is 7.12. The largest absolute Gasteiger partial charge is 0.507 e. The Hall–Kier alpha value is -9.93. The minimum absolute atomic E-state index is 0.0184. The fourth-order valence-electron chi connectivity index (χ4n) is 18.9. The lowest BCUT2D eigenvalue weighted by atomic mass is 9.85. The Morgan fingerprint density at radius 2 is 0.719 bits per heavy atom. The normalized spacial score (nSPS) is 20.6. The Morgan fingerprint density at radius 1 is 0.398 bits per heavy atom. The van der Waals surface area contributed by atoms with E-state index in [0.717, 1.165) is 66.1 Å². The highest BCUT2D eigenvalue weighted by Gasteiger charge is 2.40. The molecule has 4 aliphatic rings. The van der Waals surface area contributed by atoms with Crippen molar-refractivity contribution in [1.82, 2.24) is 19.6 Å². The second kappa shape index (κ2) is 41.4. The number of hydrogen-bond donors (Lipinski definition) is 16. The Bertz CT molecular complexity index is 6100. The van der Waals surface area contributed by atoms with E-state index in [9.17, 15) is 101 Å². The van der Waals surface area contributed by atoms with Gasteiger partial charge in [-0.2, -0.15) is 0 Å². The number of likely N-dealkylation sites (N-methyl/N-ethyl adjacent to an activating group) is 4. The summed E-state index contributed by atoms with van der Waals surface area (Å²) < 4.78 is 23.9. The fourth-order valence-corrected chi connectivity index (χ4v) is 20.0. The Balaban J connectivity index is 0.000000155. The molecule has 4 fully saturated rings. The molecule has 0 radical (unpaired) electrons. The van der Waals surface area contributed by atoms with E-state index in [4.69, 9.17) is 29.3 Å². The van der Waals surface area contributed by atoms with Gasteiger partial charge in [0.2, 0.25) is 21.7 Å². The third kappa shape index (κ3) is 20.5. The monoisotopic (exact) mass is 1800 g/mol. The van der Waals surface area contributed by atoms with E-state index in [0.29, 0.717) is 116 Å². The number of nitrogens with zero attached hydrogens (tertiary/aromatic N) is 4. The first kappa shape index (κ1) is 97.1. The zero-order valence-electron chi connectivity index (χ0n) is 74.5. The number of aryl methyl sites for hydroxylation is 7. The van der Waals surface area contributed by atoms with Gasteiger partial charge in [0, 0.05) is 117 Å². The number of likely N-dealkylation sites (tertiary alicyclic amines) is 4. The van der Waals surface area contributed by atoms with Crippen molar-refractivity contribution in [3.05, 3.63) is 224 Å². The molecule has 0 aliphatic carbocycles. The van der Waals surface area contributed by atoms with Crippen molar-refractivity contribution in [2.45, 2.75) is 218 Å². The van der Waals surface area contributed by atoms with Crippen molar-refractivity contribution in [2.75, 3.05) is 80.5 Å². The summed E-state index contributed by atoms with van der Waals surface area (Å²) in [5, 5.41) is 171. The standard InChI is InChI=1S/C28H43NO6.C24H26ClNO6.C24H27NO6.C22H25NO6S/c1-4-5-6-7-8-9-10-11-12-13-20(30)24-18(2)35-28-25(19-14-15-29(3)17-23(19)33)21(31)16-22(32)26(28)27(24)34;1-11-5-4-6-14(21(11)25)22(30)18-12(2)32-24-19(13-7-8-26(3)10-17(13)29)15(27)9-16(28)20(24)23(18)31;1-12-4-6-14(7-5-12)22(29)19-13(2)31-24-20(15-8-9-25(3)11-18(15)28)16(26)10-17(27)21(24)23(19)30;1-10-4-5-16(30-10)20(27)17-11(2)29-22-18(12-6-7-23(3)9-15(12)26)13(24)8-14(25)19(22)21(17)28/h16,19-20,23,30-33H,4-15,17H2,1-3H3;4-6,9,13,17,22,27-30H,7-8,10H2,1-3H3;4-7,10,15,18,22,26-29H,8-9,11H2,1-3H3;4-5,8,12,15,20,24-27H,6-7,9H2,1-3H3. The van der Waals surface area contributed by atoms with Crippen LogP contribution in [0.15, 0.2) is 116 Å². The van der Waals surface area contributed by atoms with Crippen LogP contribution in [0.1, 0.15) is 244 Å². The molecule has 12 atom stereocenters. The van der Waals surface area contributed by atoms with Gasteiger partial charge < -0.3 is 119 Å². The molecule has 0 spiro atoms. The predicted molar refractivity (Wildman–Crippen MR) is 491 cm³/mol. The molecular formula is C98H121ClN4O24S. The van der Waals surface area contributed by atoms with E-state index >= 15 is 0 Å². The number of unbranched alkanes of at least 4 members (excludes halogenated alkanes) is 8. The predicted octanol–water partition coefficient (Wildman–Crippen LogP) is 14.0. The lowest BCUT2D eigenvalue weighted by Gasteiger charge is -2.34. The van der Waals surface area contributed by atoms with Crippen LogP contribution in [0.5, 0.6) is 46.0 Å². The molecule has 0 saturated carbocycles. The molecule has 30 heteroatoms.